The number of hydrogen-bond donors (Lipinski definition) is 2. The molecule has 0 bridgehead atoms. The number of rotatable bonds is 2. The van der Waals surface area contributed by atoms with Crippen LogP contribution < -0.4 is 5.32 Å². The van der Waals surface area contributed by atoms with Crippen LogP contribution in [0.2, 0.25) is 5.02 Å². The average molecular weight is 361 g/mol. The normalized spacial score (nSPS) is 21.8. The van der Waals surface area contributed by atoms with Gasteiger partial charge in [-0.2, -0.15) is 5.10 Å². The first-order valence-corrected chi connectivity index (χ1v) is 8.95. The third-order valence-corrected chi connectivity index (χ3v) is 5.68. The van der Waals surface area contributed by atoms with Crippen molar-refractivity contribution in [2.24, 2.45) is 0 Å². The van der Waals surface area contributed by atoms with Crippen molar-refractivity contribution in [3.05, 3.63) is 40.5 Å². The summed E-state index contributed by atoms with van der Waals surface area (Å²) in [5.41, 5.74) is 1.73. The summed E-state index contributed by atoms with van der Waals surface area (Å²) in [5.74, 6) is 0.569. The van der Waals surface area contributed by atoms with Gasteiger partial charge >= 0.3 is 0 Å². The van der Waals surface area contributed by atoms with Crippen molar-refractivity contribution in [2.75, 3.05) is 25.5 Å². The number of likely N-dealkylation sites (tertiary alicyclic amines) is 1. The zero-order valence-electron chi connectivity index (χ0n) is 14.1. The lowest BCUT2D eigenvalue weighted by atomic mass is 9.87. The number of halogens is 1. The second-order valence-corrected chi connectivity index (χ2v) is 7.29. The fourth-order valence-electron chi connectivity index (χ4n) is 3.84. The van der Waals surface area contributed by atoms with Gasteiger partial charge in [-0.3, -0.25) is 4.79 Å². The number of nitrogens with zero attached hydrogens (tertiary/aromatic N) is 3. The summed E-state index contributed by atoms with van der Waals surface area (Å²) in [7, 11) is 2.12. The Kier molecular flexibility index (Phi) is 4.17. The van der Waals surface area contributed by atoms with Crippen molar-refractivity contribution in [3.8, 4) is 5.75 Å². The van der Waals surface area contributed by atoms with E-state index in [1.165, 1.54) is 0 Å². The van der Waals surface area contributed by atoms with Gasteiger partial charge in [0.2, 0.25) is 5.91 Å². The number of carbonyl (C=O) groups excluding carboxylic acids is 1. The van der Waals surface area contributed by atoms with E-state index in [1.54, 1.807) is 12.1 Å². The molecular formula is C18H21ClN4O2. The molecule has 2 aromatic rings. The largest absolute Gasteiger partial charge is 0.506 e. The van der Waals surface area contributed by atoms with Gasteiger partial charge in [-0.05, 0) is 44.6 Å². The van der Waals surface area contributed by atoms with Crippen LogP contribution in [0.5, 0.6) is 5.75 Å². The number of amides is 1. The Morgan fingerprint density at radius 2 is 2.04 bits per heavy atom. The molecule has 1 aromatic carbocycles. The van der Waals surface area contributed by atoms with Gasteiger partial charge in [0.25, 0.3) is 0 Å². The molecule has 132 valence electrons. The molecule has 2 N–H and O–H groups in total. The predicted molar refractivity (Wildman–Crippen MR) is 96.2 cm³/mol. The number of benzene rings is 1. The minimum Gasteiger partial charge on any atom is -0.506 e. The Morgan fingerprint density at radius 3 is 2.80 bits per heavy atom. The monoisotopic (exact) mass is 360 g/mol. The zero-order valence-corrected chi connectivity index (χ0v) is 14.8. The molecule has 2 aliphatic heterocycles. The van der Waals surface area contributed by atoms with E-state index in [1.807, 2.05) is 16.9 Å². The van der Waals surface area contributed by atoms with E-state index in [0.717, 1.165) is 42.9 Å². The molecule has 1 aromatic heterocycles. The first-order chi connectivity index (χ1) is 12.0. The van der Waals surface area contributed by atoms with Crippen LogP contribution in [0.4, 0.5) is 5.82 Å². The van der Waals surface area contributed by atoms with E-state index >= 15 is 0 Å². The number of hydrogen-bond acceptors (Lipinski definition) is 4. The summed E-state index contributed by atoms with van der Waals surface area (Å²) in [4.78, 5) is 14.6. The van der Waals surface area contributed by atoms with Gasteiger partial charge < -0.3 is 15.3 Å². The fourth-order valence-corrected chi connectivity index (χ4v) is 4.10. The molecule has 0 aliphatic carbocycles. The molecule has 4 rings (SSSR count). The fraction of sp³-hybridized carbons (Fsp3) is 0.444. The third kappa shape index (κ3) is 2.89. The quantitative estimate of drug-likeness (QED) is 0.863. The van der Waals surface area contributed by atoms with E-state index in [4.69, 9.17) is 11.6 Å². The molecule has 1 fully saturated rings. The van der Waals surface area contributed by atoms with Gasteiger partial charge in [-0.25, -0.2) is 4.68 Å². The van der Waals surface area contributed by atoms with Crippen LogP contribution in [0.15, 0.2) is 24.4 Å². The number of aromatic hydroxyl groups is 1. The maximum atomic E-state index is 12.3. The Morgan fingerprint density at radius 1 is 1.28 bits per heavy atom. The lowest BCUT2D eigenvalue weighted by molar-refractivity contribution is -0.116. The van der Waals surface area contributed by atoms with Crippen LogP contribution >= 0.6 is 11.6 Å². The number of nitrogens with one attached hydrogen (secondary N) is 1. The minimum absolute atomic E-state index is 0.0365. The predicted octanol–water partition coefficient (Wildman–Crippen LogP) is 2.98. The lowest BCUT2D eigenvalue weighted by Gasteiger charge is -2.31. The standard InChI is InChI=1S/C18H21ClN4O2/c1-22-7-5-11(6-8-22)23-18-14(10-20-23)13(9-16(25)21-18)12-3-2-4-15(24)17(12)19/h2-4,10-11,13,24H,5-9H2,1H3,(H,21,25). The van der Waals surface area contributed by atoms with Gasteiger partial charge in [-0.1, -0.05) is 23.7 Å². The highest BCUT2D eigenvalue weighted by atomic mass is 35.5. The molecule has 1 saturated heterocycles. The highest BCUT2D eigenvalue weighted by Gasteiger charge is 2.33. The highest BCUT2D eigenvalue weighted by Crippen LogP contribution is 2.43. The zero-order chi connectivity index (χ0) is 17.6. The summed E-state index contributed by atoms with van der Waals surface area (Å²) < 4.78 is 1.96. The molecule has 0 spiro atoms. The number of phenols is 1. The Labute approximate surface area is 151 Å². The Bertz CT molecular complexity index is 811. The number of anilines is 1. The van der Waals surface area contributed by atoms with E-state index in [2.05, 4.69) is 22.4 Å². The number of phenolic OH excluding ortho intramolecular Hbond substituents is 1. The maximum Gasteiger partial charge on any atom is 0.226 e. The van der Waals surface area contributed by atoms with Crippen LogP contribution in [-0.2, 0) is 4.79 Å². The average Bonchev–Trinajstić information content (AvgIpc) is 3.01. The van der Waals surface area contributed by atoms with E-state index in [-0.39, 0.29) is 17.6 Å². The Hall–Kier alpha value is -2.05. The van der Waals surface area contributed by atoms with E-state index < -0.39 is 0 Å². The summed E-state index contributed by atoms with van der Waals surface area (Å²) in [6.07, 6.45) is 4.16. The summed E-state index contributed by atoms with van der Waals surface area (Å²) >= 11 is 6.30. The Balaban J connectivity index is 1.73. The van der Waals surface area contributed by atoms with Crippen molar-refractivity contribution < 1.29 is 9.90 Å². The van der Waals surface area contributed by atoms with Gasteiger partial charge in [-0.15, -0.1) is 0 Å². The molecule has 3 heterocycles. The number of piperidine rings is 1. The van der Waals surface area contributed by atoms with Crippen LogP contribution in [0, 0.1) is 0 Å². The van der Waals surface area contributed by atoms with Crippen LogP contribution in [0.3, 0.4) is 0 Å². The van der Waals surface area contributed by atoms with Crippen LogP contribution in [0.1, 0.15) is 42.3 Å². The summed E-state index contributed by atoms with van der Waals surface area (Å²) in [5, 5.41) is 17.8. The molecule has 2 aliphatic rings. The number of fused-ring (bicyclic) bond motifs is 1. The van der Waals surface area contributed by atoms with Gasteiger partial charge in [0.15, 0.2) is 0 Å². The van der Waals surface area contributed by atoms with Gasteiger partial charge in [0, 0.05) is 17.9 Å². The molecule has 1 atom stereocenters. The SMILES string of the molecule is CN1CCC(n2ncc3c2NC(=O)CC3c2cccc(O)c2Cl)CC1. The van der Waals surface area contributed by atoms with Crippen molar-refractivity contribution in [2.45, 2.75) is 31.2 Å². The van der Waals surface area contributed by atoms with Crippen LogP contribution in [-0.4, -0.2) is 45.8 Å². The van der Waals surface area contributed by atoms with E-state index in [9.17, 15) is 9.90 Å². The molecule has 7 heteroatoms. The molecule has 1 unspecified atom stereocenters. The maximum absolute atomic E-state index is 12.3. The second kappa shape index (κ2) is 6.35. The molecule has 6 nitrogen and oxygen atoms in total. The summed E-state index contributed by atoms with van der Waals surface area (Å²) in [6.45, 7) is 2.05. The topological polar surface area (TPSA) is 70.4 Å². The lowest BCUT2D eigenvalue weighted by Crippen LogP contribution is -2.33. The first-order valence-electron chi connectivity index (χ1n) is 8.57. The van der Waals surface area contributed by atoms with Crippen molar-refractivity contribution >= 4 is 23.3 Å². The molecule has 0 radical (unpaired) electrons. The molecule has 25 heavy (non-hydrogen) atoms. The number of aromatic nitrogens is 2. The summed E-state index contributed by atoms with van der Waals surface area (Å²) in [6, 6.07) is 5.46. The first kappa shape index (κ1) is 16.4. The molecule has 0 saturated carbocycles. The number of carbonyl (C=O) groups is 1. The van der Waals surface area contributed by atoms with Crippen LogP contribution in [0.25, 0.3) is 0 Å². The molecular weight excluding hydrogens is 340 g/mol. The third-order valence-electron chi connectivity index (χ3n) is 5.26. The smallest absolute Gasteiger partial charge is 0.226 e. The van der Waals surface area contributed by atoms with Gasteiger partial charge in [0.05, 0.1) is 17.3 Å². The van der Waals surface area contributed by atoms with Crippen molar-refractivity contribution in [1.29, 1.82) is 0 Å². The van der Waals surface area contributed by atoms with E-state index in [0.29, 0.717) is 17.5 Å². The minimum atomic E-state index is -0.191. The highest BCUT2D eigenvalue weighted by molar-refractivity contribution is 6.33. The van der Waals surface area contributed by atoms with Crippen molar-refractivity contribution in [3.63, 3.8) is 0 Å². The van der Waals surface area contributed by atoms with Crippen molar-refractivity contribution in [1.82, 2.24) is 14.7 Å². The second-order valence-electron chi connectivity index (χ2n) is 6.91. The van der Waals surface area contributed by atoms with Gasteiger partial charge in [0.1, 0.15) is 11.6 Å². The molecule has 1 amide bonds.